The molecule has 3 fully saturated rings. The Morgan fingerprint density at radius 3 is 2.86 bits per heavy atom. The van der Waals surface area contributed by atoms with Crippen LogP contribution in [-0.2, 0) is 16.0 Å². The van der Waals surface area contributed by atoms with Gasteiger partial charge < -0.3 is 14.0 Å². The molecule has 0 bridgehead atoms. The summed E-state index contributed by atoms with van der Waals surface area (Å²) in [6.07, 6.45) is 3.03. The molecule has 5 heteroatoms. The molecule has 3 heterocycles. The molecule has 0 unspecified atom stereocenters. The van der Waals surface area contributed by atoms with E-state index in [4.69, 9.17) is 14.0 Å². The Kier molecular flexibility index (Phi) is 3.52. The number of ether oxygens (including phenoxy) is 2. The van der Waals surface area contributed by atoms with E-state index in [1.54, 1.807) is 0 Å². The van der Waals surface area contributed by atoms with Crippen LogP contribution in [0.1, 0.15) is 29.9 Å². The van der Waals surface area contributed by atoms with Crippen molar-refractivity contribution in [1.82, 2.24) is 10.1 Å². The Labute approximate surface area is 125 Å². The van der Waals surface area contributed by atoms with Crippen molar-refractivity contribution in [2.75, 3.05) is 26.4 Å². The van der Waals surface area contributed by atoms with Gasteiger partial charge in [-0.1, -0.05) is 5.16 Å². The summed E-state index contributed by atoms with van der Waals surface area (Å²) in [6, 6.07) is 0.489. The average Bonchev–Trinajstić information content (AvgIpc) is 2.94. The summed E-state index contributed by atoms with van der Waals surface area (Å²) in [4.78, 5) is 2.50. The molecule has 1 aliphatic carbocycles. The summed E-state index contributed by atoms with van der Waals surface area (Å²) in [6.45, 7) is 8.54. The number of nitrogens with zero attached hydrogens (tertiary/aromatic N) is 2. The lowest BCUT2D eigenvalue weighted by Gasteiger charge is -2.21. The summed E-state index contributed by atoms with van der Waals surface area (Å²) in [5, 5.41) is 4.07. The first-order chi connectivity index (χ1) is 10.2. The van der Waals surface area contributed by atoms with E-state index in [1.807, 2.05) is 13.8 Å². The SMILES string of the molecule is Cc1noc(C)c1CN1C[C@H](OCC2CC2)[C@H]2COC[C@H]21. The van der Waals surface area contributed by atoms with E-state index in [-0.39, 0.29) is 0 Å². The van der Waals surface area contributed by atoms with Gasteiger partial charge in [-0.3, -0.25) is 4.90 Å². The monoisotopic (exact) mass is 292 g/mol. The van der Waals surface area contributed by atoms with Gasteiger partial charge in [-0.05, 0) is 32.6 Å². The molecule has 21 heavy (non-hydrogen) atoms. The molecule has 1 aromatic heterocycles. The van der Waals surface area contributed by atoms with Crippen LogP contribution < -0.4 is 0 Å². The van der Waals surface area contributed by atoms with E-state index in [9.17, 15) is 0 Å². The van der Waals surface area contributed by atoms with Gasteiger partial charge in [-0.15, -0.1) is 0 Å². The molecule has 0 spiro atoms. The van der Waals surface area contributed by atoms with E-state index in [1.165, 1.54) is 18.4 Å². The van der Waals surface area contributed by atoms with Crippen molar-refractivity contribution in [2.24, 2.45) is 11.8 Å². The van der Waals surface area contributed by atoms with E-state index in [2.05, 4.69) is 10.1 Å². The predicted octanol–water partition coefficient (Wildman–Crippen LogP) is 1.92. The third-order valence-electron chi connectivity index (χ3n) is 5.24. The van der Waals surface area contributed by atoms with Crippen LogP contribution in [0, 0.1) is 25.7 Å². The van der Waals surface area contributed by atoms with Gasteiger partial charge in [0.15, 0.2) is 0 Å². The molecule has 0 aromatic carbocycles. The van der Waals surface area contributed by atoms with Gasteiger partial charge in [0.25, 0.3) is 0 Å². The van der Waals surface area contributed by atoms with E-state index < -0.39 is 0 Å². The van der Waals surface area contributed by atoms with Gasteiger partial charge in [0.2, 0.25) is 0 Å². The highest BCUT2D eigenvalue weighted by molar-refractivity contribution is 5.21. The summed E-state index contributed by atoms with van der Waals surface area (Å²) in [5.41, 5.74) is 2.23. The van der Waals surface area contributed by atoms with Gasteiger partial charge in [0, 0.05) is 37.2 Å². The number of likely N-dealkylation sites (tertiary alicyclic amines) is 1. The van der Waals surface area contributed by atoms with Gasteiger partial charge in [-0.2, -0.15) is 0 Å². The molecule has 0 radical (unpaired) electrons. The number of hydrogen-bond donors (Lipinski definition) is 0. The molecule has 0 N–H and O–H groups in total. The lowest BCUT2D eigenvalue weighted by atomic mass is 10.0. The maximum absolute atomic E-state index is 6.19. The fourth-order valence-corrected chi connectivity index (χ4v) is 3.63. The topological polar surface area (TPSA) is 47.7 Å². The standard InChI is InChI=1S/C16H24N2O3/c1-10-13(11(2)21-17-10)5-18-6-16(20-7-12-3-4-12)14-8-19-9-15(14)18/h12,14-16H,3-9H2,1-2H3/t14-,15+,16-/m0/s1. The number of hydrogen-bond acceptors (Lipinski definition) is 5. The first-order valence-electron chi connectivity index (χ1n) is 8.07. The van der Waals surface area contributed by atoms with Crippen LogP contribution in [0.4, 0.5) is 0 Å². The molecule has 1 saturated carbocycles. The molecular weight excluding hydrogens is 268 g/mol. The minimum atomic E-state index is 0.332. The van der Waals surface area contributed by atoms with Crippen molar-refractivity contribution < 1.29 is 14.0 Å². The lowest BCUT2D eigenvalue weighted by molar-refractivity contribution is 0.0137. The first kappa shape index (κ1) is 13.7. The van der Waals surface area contributed by atoms with Crippen molar-refractivity contribution >= 4 is 0 Å². The summed E-state index contributed by atoms with van der Waals surface area (Å²) in [7, 11) is 0. The van der Waals surface area contributed by atoms with Gasteiger partial charge in [-0.25, -0.2) is 0 Å². The maximum Gasteiger partial charge on any atom is 0.138 e. The van der Waals surface area contributed by atoms with Crippen molar-refractivity contribution in [1.29, 1.82) is 0 Å². The molecule has 4 rings (SSSR count). The lowest BCUT2D eigenvalue weighted by Crippen LogP contribution is -2.32. The van der Waals surface area contributed by atoms with Gasteiger partial charge in [0.1, 0.15) is 5.76 Å². The second-order valence-electron chi connectivity index (χ2n) is 6.82. The zero-order valence-electron chi connectivity index (χ0n) is 12.9. The number of rotatable bonds is 5. The molecule has 116 valence electrons. The fraction of sp³-hybridized carbons (Fsp3) is 0.812. The van der Waals surface area contributed by atoms with E-state index in [0.717, 1.165) is 50.3 Å². The van der Waals surface area contributed by atoms with Crippen LogP contribution >= 0.6 is 0 Å². The Morgan fingerprint density at radius 2 is 2.14 bits per heavy atom. The van der Waals surface area contributed by atoms with Gasteiger partial charge in [0.05, 0.1) is 25.0 Å². The molecule has 3 aliphatic rings. The summed E-state index contributed by atoms with van der Waals surface area (Å²) >= 11 is 0. The number of fused-ring (bicyclic) bond motifs is 1. The quantitative estimate of drug-likeness (QED) is 0.830. The highest BCUT2D eigenvalue weighted by Crippen LogP contribution is 2.36. The first-order valence-corrected chi connectivity index (χ1v) is 8.07. The van der Waals surface area contributed by atoms with Crippen LogP contribution in [0.2, 0.25) is 0 Å². The van der Waals surface area contributed by atoms with Gasteiger partial charge >= 0.3 is 0 Å². The molecule has 2 saturated heterocycles. The average molecular weight is 292 g/mol. The molecule has 2 aliphatic heterocycles. The van der Waals surface area contributed by atoms with Crippen LogP contribution in [0.5, 0.6) is 0 Å². The second-order valence-corrected chi connectivity index (χ2v) is 6.82. The van der Waals surface area contributed by atoms with Crippen molar-refractivity contribution in [2.45, 2.75) is 45.4 Å². The minimum absolute atomic E-state index is 0.332. The fourth-order valence-electron chi connectivity index (χ4n) is 3.63. The Hall–Kier alpha value is -0.910. The van der Waals surface area contributed by atoms with E-state index in [0.29, 0.717) is 18.1 Å². The van der Waals surface area contributed by atoms with Crippen LogP contribution in [0.25, 0.3) is 0 Å². The number of aromatic nitrogens is 1. The van der Waals surface area contributed by atoms with Crippen molar-refractivity contribution in [3.05, 3.63) is 17.0 Å². The highest BCUT2D eigenvalue weighted by Gasteiger charge is 2.46. The smallest absolute Gasteiger partial charge is 0.138 e. The zero-order chi connectivity index (χ0) is 14.4. The molecule has 0 amide bonds. The molecular formula is C16H24N2O3. The normalized spacial score (nSPS) is 32.8. The Morgan fingerprint density at radius 1 is 1.29 bits per heavy atom. The Bertz CT molecular complexity index is 492. The molecule has 1 aromatic rings. The molecule has 5 nitrogen and oxygen atoms in total. The Balaban J connectivity index is 1.45. The van der Waals surface area contributed by atoms with E-state index >= 15 is 0 Å². The van der Waals surface area contributed by atoms with Crippen molar-refractivity contribution in [3.63, 3.8) is 0 Å². The van der Waals surface area contributed by atoms with Crippen LogP contribution in [0.15, 0.2) is 4.52 Å². The third-order valence-corrected chi connectivity index (χ3v) is 5.24. The highest BCUT2D eigenvalue weighted by atomic mass is 16.5. The number of aryl methyl sites for hydroxylation is 2. The maximum atomic E-state index is 6.19. The zero-order valence-corrected chi connectivity index (χ0v) is 12.9. The largest absolute Gasteiger partial charge is 0.379 e. The predicted molar refractivity (Wildman–Crippen MR) is 76.9 cm³/mol. The minimum Gasteiger partial charge on any atom is -0.379 e. The van der Waals surface area contributed by atoms with Crippen LogP contribution in [-0.4, -0.2) is 48.6 Å². The summed E-state index contributed by atoms with van der Waals surface area (Å²) < 4.78 is 17.2. The second kappa shape index (κ2) is 5.38. The van der Waals surface area contributed by atoms with Crippen molar-refractivity contribution in [3.8, 4) is 0 Å². The third kappa shape index (κ3) is 2.62. The molecule has 3 atom stereocenters. The van der Waals surface area contributed by atoms with Crippen LogP contribution in [0.3, 0.4) is 0 Å². The summed E-state index contributed by atoms with van der Waals surface area (Å²) in [5.74, 6) is 2.29.